The molecule has 0 radical (unpaired) electrons. The lowest BCUT2D eigenvalue weighted by atomic mass is 10.0. The van der Waals surface area contributed by atoms with Crippen LogP contribution in [0.25, 0.3) is 0 Å². The maximum atomic E-state index is 2.53. The number of allylic oxidation sites excluding steroid dienone is 1. The Morgan fingerprint density at radius 1 is 0.405 bits per heavy atom. The molecule has 42 heavy (non-hydrogen) atoms. The molecule has 0 atom stereocenters. The highest BCUT2D eigenvalue weighted by Gasteiger charge is 2.26. The van der Waals surface area contributed by atoms with E-state index in [1.54, 1.807) is 0 Å². The molecule has 0 aliphatic rings. The minimum Gasteiger partial charge on any atom is -0.286 e. The molecule has 3 rings (SSSR count). The van der Waals surface area contributed by atoms with Gasteiger partial charge >= 0.3 is 0 Å². The first kappa shape index (κ1) is 33.9. The second-order valence-corrected chi connectivity index (χ2v) is 12.6. The molecule has 0 aromatic heterocycles. The summed E-state index contributed by atoms with van der Waals surface area (Å²) in [4.78, 5) is 0. The zero-order valence-electron chi connectivity index (χ0n) is 26.9. The lowest BCUT2D eigenvalue weighted by Gasteiger charge is -2.36. The Morgan fingerprint density at radius 3 is 1.05 bits per heavy atom. The second-order valence-electron chi connectivity index (χ2n) is 12.6. The molecule has 3 aromatic rings. The van der Waals surface area contributed by atoms with Gasteiger partial charge < -0.3 is 0 Å². The smallest absolute Gasteiger partial charge is 0.109 e. The Bertz CT molecular complexity index is 939. The van der Waals surface area contributed by atoms with E-state index < -0.39 is 0 Å². The predicted octanol–water partition coefficient (Wildman–Crippen LogP) is 12.6. The lowest BCUT2D eigenvalue weighted by molar-refractivity contribution is -0.919. The van der Waals surface area contributed by atoms with Crippen molar-refractivity contribution in [3.05, 3.63) is 120 Å². The highest BCUT2D eigenvalue weighted by Crippen LogP contribution is 2.26. The summed E-state index contributed by atoms with van der Waals surface area (Å²) in [6.45, 7) is 5.30. The van der Waals surface area contributed by atoms with Crippen molar-refractivity contribution in [1.82, 2.24) is 0 Å². The van der Waals surface area contributed by atoms with Crippen molar-refractivity contribution in [2.24, 2.45) is 0 Å². The summed E-state index contributed by atoms with van der Waals surface area (Å²) >= 11 is 0. The summed E-state index contributed by atoms with van der Waals surface area (Å²) in [6, 6.07) is 33.1. The van der Waals surface area contributed by atoms with Gasteiger partial charge in [-0.05, 0) is 18.9 Å². The maximum absolute atomic E-state index is 2.53. The number of unbranched alkanes of at least 4 members (excludes halogenated alkanes) is 16. The van der Waals surface area contributed by atoms with Crippen molar-refractivity contribution in [1.29, 1.82) is 0 Å². The van der Waals surface area contributed by atoms with Gasteiger partial charge in [-0.15, -0.1) is 0 Å². The molecule has 0 fully saturated rings. The van der Waals surface area contributed by atoms with Crippen LogP contribution >= 0.6 is 0 Å². The molecule has 1 nitrogen and oxygen atoms in total. The molecule has 0 spiro atoms. The third-order valence-corrected chi connectivity index (χ3v) is 8.67. The molecule has 0 amide bonds. The van der Waals surface area contributed by atoms with Crippen LogP contribution < -0.4 is 0 Å². The summed E-state index contributed by atoms with van der Waals surface area (Å²) in [5.41, 5.74) is 4.20. The number of nitrogens with zero attached hydrogens (tertiary/aromatic N) is 1. The zero-order valence-corrected chi connectivity index (χ0v) is 26.9. The SMILES string of the molecule is CCCCCCCCCCCCCCCCCC/C=C/[N+](Cc1ccccc1)(Cc1ccccc1)Cc1ccccc1. The fraction of sp³-hybridized carbons (Fsp3) is 0.512. The van der Waals surface area contributed by atoms with Crippen LogP contribution in [0, 0.1) is 0 Å². The normalized spacial score (nSPS) is 11.8. The number of quaternary nitrogens is 1. The van der Waals surface area contributed by atoms with Gasteiger partial charge in [-0.3, -0.25) is 4.48 Å². The molecule has 228 valence electrons. The van der Waals surface area contributed by atoms with Crippen molar-refractivity contribution < 1.29 is 4.48 Å². The molecule has 0 saturated heterocycles. The van der Waals surface area contributed by atoms with E-state index in [0.717, 1.165) is 24.1 Å². The standard InChI is InChI=1S/C41H60N/c1-2-3-4-5-6-7-8-9-10-11-12-13-14-15-16-17-18-28-35-42(36-39-29-22-19-23-30-39,37-40-31-24-20-25-32-40)38-41-33-26-21-27-34-41/h19-35H,2-18,36-38H2,1H3/q+1/b35-28+. The molecule has 0 unspecified atom stereocenters. The predicted molar refractivity (Wildman–Crippen MR) is 184 cm³/mol. The van der Waals surface area contributed by atoms with E-state index in [2.05, 4.69) is 110 Å². The molecule has 0 aliphatic carbocycles. The largest absolute Gasteiger partial charge is 0.286 e. The molecule has 0 bridgehead atoms. The fourth-order valence-corrected chi connectivity index (χ4v) is 6.28. The van der Waals surface area contributed by atoms with E-state index in [4.69, 9.17) is 0 Å². The number of benzene rings is 3. The molecule has 0 saturated carbocycles. The molecule has 1 heteroatoms. The van der Waals surface area contributed by atoms with Crippen LogP contribution in [0.5, 0.6) is 0 Å². The zero-order chi connectivity index (χ0) is 29.4. The Morgan fingerprint density at radius 2 is 0.714 bits per heavy atom. The lowest BCUT2D eigenvalue weighted by Crippen LogP contribution is -2.40. The number of hydrogen-bond donors (Lipinski definition) is 0. The van der Waals surface area contributed by atoms with Crippen LogP contribution in [0.1, 0.15) is 133 Å². The van der Waals surface area contributed by atoms with Crippen molar-refractivity contribution >= 4 is 0 Å². The van der Waals surface area contributed by atoms with Gasteiger partial charge in [0.2, 0.25) is 0 Å². The monoisotopic (exact) mass is 566 g/mol. The van der Waals surface area contributed by atoms with Crippen LogP contribution in [0.3, 0.4) is 0 Å². The highest BCUT2D eigenvalue weighted by atomic mass is 15.3. The van der Waals surface area contributed by atoms with E-state index in [1.807, 2.05) is 0 Å². The van der Waals surface area contributed by atoms with Crippen molar-refractivity contribution in [2.75, 3.05) is 0 Å². The molecular formula is C41H60N+. The van der Waals surface area contributed by atoms with Crippen molar-refractivity contribution in [3.63, 3.8) is 0 Å². The van der Waals surface area contributed by atoms with Crippen LogP contribution in [-0.2, 0) is 19.6 Å². The van der Waals surface area contributed by atoms with Gasteiger partial charge in [0.15, 0.2) is 0 Å². The van der Waals surface area contributed by atoms with E-state index >= 15 is 0 Å². The summed E-state index contributed by atoms with van der Waals surface area (Å²) in [6.07, 6.45) is 29.0. The van der Waals surface area contributed by atoms with E-state index in [-0.39, 0.29) is 0 Å². The van der Waals surface area contributed by atoms with Crippen molar-refractivity contribution in [3.8, 4) is 0 Å². The maximum Gasteiger partial charge on any atom is 0.109 e. The Kier molecular flexibility index (Phi) is 17.7. The van der Waals surface area contributed by atoms with Crippen LogP contribution in [0.2, 0.25) is 0 Å². The van der Waals surface area contributed by atoms with Gasteiger partial charge in [0.25, 0.3) is 0 Å². The van der Waals surface area contributed by atoms with Crippen molar-refractivity contribution in [2.45, 2.75) is 136 Å². The van der Waals surface area contributed by atoms with Crippen LogP contribution in [0.15, 0.2) is 103 Å². The highest BCUT2D eigenvalue weighted by molar-refractivity contribution is 5.18. The summed E-state index contributed by atoms with van der Waals surface area (Å²) in [5.74, 6) is 0. The second kappa shape index (κ2) is 22.0. The van der Waals surface area contributed by atoms with Gasteiger partial charge in [-0.25, -0.2) is 0 Å². The van der Waals surface area contributed by atoms with Crippen LogP contribution in [0.4, 0.5) is 0 Å². The number of hydrogen-bond acceptors (Lipinski definition) is 0. The summed E-state index contributed by atoms with van der Waals surface area (Å²) < 4.78 is 0.914. The van der Waals surface area contributed by atoms with Gasteiger partial charge in [0.05, 0.1) is 6.20 Å². The third-order valence-electron chi connectivity index (χ3n) is 8.67. The number of rotatable bonds is 24. The Labute approximate surface area is 259 Å². The topological polar surface area (TPSA) is 0 Å². The third kappa shape index (κ3) is 15.0. The van der Waals surface area contributed by atoms with Gasteiger partial charge in [0.1, 0.15) is 19.6 Å². The van der Waals surface area contributed by atoms with Gasteiger partial charge in [0, 0.05) is 16.7 Å². The van der Waals surface area contributed by atoms with E-state index in [0.29, 0.717) is 0 Å². The molecule has 0 heterocycles. The first-order valence-electron chi connectivity index (χ1n) is 17.4. The Balaban J connectivity index is 1.40. The van der Waals surface area contributed by atoms with Crippen LogP contribution in [-0.4, -0.2) is 4.48 Å². The molecule has 0 aliphatic heterocycles. The molecular weight excluding hydrogens is 506 g/mol. The minimum atomic E-state index is 0.914. The van der Waals surface area contributed by atoms with Gasteiger partial charge in [-0.1, -0.05) is 194 Å². The molecule has 0 N–H and O–H groups in total. The first-order chi connectivity index (χ1) is 20.8. The first-order valence-corrected chi connectivity index (χ1v) is 17.4. The summed E-state index contributed by atoms with van der Waals surface area (Å²) in [7, 11) is 0. The minimum absolute atomic E-state index is 0.914. The Hall–Kier alpha value is -2.64. The quantitative estimate of drug-likeness (QED) is 0.0747. The van der Waals surface area contributed by atoms with Gasteiger partial charge in [-0.2, -0.15) is 0 Å². The van der Waals surface area contributed by atoms with E-state index in [9.17, 15) is 0 Å². The summed E-state index contributed by atoms with van der Waals surface area (Å²) in [5, 5.41) is 0. The molecule has 3 aromatic carbocycles. The average Bonchev–Trinajstić information content (AvgIpc) is 3.02. The average molecular weight is 567 g/mol. The fourth-order valence-electron chi connectivity index (χ4n) is 6.28. The van der Waals surface area contributed by atoms with E-state index in [1.165, 1.54) is 126 Å².